The molecular formula is C13H19NO. The first-order chi connectivity index (χ1) is 7.33. The first kappa shape index (κ1) is 10.5. The summed E-state index contributed by atoms with van der Waals surface area (Å²) in [7, 11) is 0. The van der Waals surface area contributed by atoms with Crippen LogP contribution in [-0.2, 0) is 6.42 Å². The van der Waals surface area contributed by atoms with Crippen molar-refractivity contribution in [3.8, 4) is 5.75 Å². The minimum absolute atomic E-state index is 0.352. The number of hydrogen-bond acceptors (Lipinski definition) is 2. The molecule has 0 amide bonds. The molecular weight excluding hydrogens is 186 g/mol. The summed E-state index contributed by atoms with van der Waals surface area (Å²) in [4.78, 5) is 0. The normalized spacial score (nSPS) is 21.5. The summed E-state index contributed by atoms with van der Waals surface area (Å²) < 4.78 is 0. The molecule has 1 unspecified atom stereocenters. The Bertz CT molecular complexity index is 329. The molecule has 2 heteroatoms. The zero-order valence-electron chi connectivity index (χ0n) is 9.29. The maximum Gasteiger partial charge on any atom is 0.123 e. The predicted molar refractivity (Wildman–Crippen MR) is 62.1 cm³/mol. The molecule has 1 saturated heterocycles. The highest BCUT2D eigenvalue weighted by atomic mass is 16.3. The zero-order chi connectivity index (χ0) is 10.7. The number of para-hydroxylation sites is 1. The molecule has 1 aliphatic heterocycles. The van der Waals surface area contributed by atoms with E-state index in [1.807, 2.05) is 18.2 Å². The van der Waals surface area contributed by atoms with Crippen LogP contribution in [0.1, 0.15) is 43.4 Å². The third-order valence-corrected chi connectivity index (χ3v) is 3.22. The number of piperidine rings is 1. The predicted octanol–water partition coefficient (Wildman–Crippen LogP) is 2.77. The number of aryl methyl sites for hydroxylation is 1. The molecule has 1 atom stereocenters. The number of hydrogen-bond donors (Lipinski definition) is 2. The van der Waals surface area contributed by atoms with Crippen LogP contribution in [0.5, 0.6) is 5.75 Å². The van der Waals surface area contributed by atoms with Crippen molar-refractivity contribution < 1.29 is 5.11 Å². The molecule has 15 heavy (non-hydrogen) atoms. The van der Waals surface area contributed by atoms with Gasteiger partial charge in [0, 0.05) is 11.6 Å². The Morgan fingerprint density at radius 3 is 2.93 bits per heavy atom. The Kier molecular flexibility index (Phi) is 3.27. The molecule has 0 spiro atoms. The van der Waals surface area contributed by atoms with Gasteiger partial charge in [0.2, 0.25) is 0 Å². The second-order valence-electron chi connectivity index (χ2n) is 4.21. The van der Waals surface area contributed by atoms with Crippen molar-refractivity contribution in [3.63, 3.8) is 0 Å². The molecule has 0 aliphatic carbocycles. The molecule has 2 N–H and O–H groups in total. The monoisotopic (exact) mass is 205 g/mol. The molecule has 0 bridgehead atoms. The summed E-state index contributed by atoms with van der Waals surface area (Å²) in [6, 6.07) is 6.44. The highest BCUT2D eigenvalue weighted by molar-refractivity contribution is 5.42. The highest BCUT2D eigenvalue weighted by Gasteiger charge is 2.18. The fourth-order valence-corrected chi connectivity index (χ4v) is 2.29. The van der Waals surface area contributed by atoms with Gasteiger partial charge < -0.3 is 10.4 Å². The van der Waals surface area contributed by atoms with E-state index in [4.69, 9.17) is 0 Å². The SMILES string of the molecule is CCc1cccc(C2CCCCN2)c1O. The number of phenolic OH excluding ortho intramolecular Hbond substituents is 1. The number of nitrogens with one attached hydrogen (secondary N) is 1. The van der Waals surface area contributed by atoms with Crippen LogP contribution in [0.25, 0.3) is 0 Å². The maximum absolute atomic E-state index is 10.1. The van der Waals surface area contributed by atoms with Crippen molar-refractivity contribution in [1.82, 2.24) is 5.32 Å². The lowest BCUT2D eigenvalue weighted by Crippen LogP contribution is -2.26. The zero-order valence-corrected chi connectivity index (χ0v) is 9.29. The van der Waals surface area contributed by atoms with Crippen LogP contribution >= 0.6 is 0 Å². The molecule has 0 aromatic heterocycles. The lowest BCUT2D eigenvalue weighted by molar-refractivity contribution is 0.389. The van der Waals surface area contributed by atoms with Crippen molar-refractivity contribution in [1.29, 1.82) is 0 Å². The van der Waals surface area contributed by atoms with E-state index in [9.17, 15) is 5.11 Å². The van der Waals surface area contributed by atoms with Crippen molar-refractivity contribution in [2.45, 2.75) is 38.6 Å². The van der Waals surface area contributed by atoms with Gasteiger partial charge in [-0.05, 0) is 31.4 Å². The molecule has 2 rings (SSSR count). The van der Waals surface area contributed by atoms with Crippen LogP contribution in [0.2, 0.25) is 0 Å². The summed E-state index contributed by atoms with van der Waals surface area (Å²) in [5, 5.41) is 13.6. The van der Waals surface area contributed by atoms with Crippen LogP contribution in [-0.4, -0.2) is 11.7 Å². The van der Waals surface area contributed by atoms with E-state index in [0.29, 0.717) is 11.8 Å². The summed E-state index contributed by atoms with van der Waals surface area (Å²) in [5.74, 6) is 0.499. The van der Waals surface area contributed by atoms with Gasteiger partial charge in [-0.25, -0.2) is 0 Å². The lowest BCUT2D eigenvalue weighted by atomic mass is 9.94. The second-order valence-corrected chi connectivity index (χ2v) is 4.21. The lowest BCUT2D eigenvalue weighted by Gasteiger charge is -2.25. The van der Waals surface area contributed by atoms with Crippen LogP contribution in [0.15, 0.2) is 18.2 Å². The van der Waals surface area contributed by atoms with E-state index in [0.717, 1.165) is 30.5 Å². The van der Waals surface area contributed by atoms with E-state index < -0.39 is 0 Å². The van der Waals surface area contributed by atoms with Gasteiger partial charge in [-0.2, -0.15) is 0 Å². The first-order valence-electron chi connectivity index (χ1n) is 5.87. The highest BCUT2D eigenvalue weighted by Crippen LogP contribution is 2.32. The fraction of sp³-hybridized carbons (Fsp3) is 0.538. The first-order valence-corrected chi connectivity index (χ1v) is 5.87. The van der Waals surface area contributed by atoms with Gasteiger partial charge in [0.15, 0.2) is 0 Å². The van der Waals surface area contributed by atoms with E-state index in [1.165, 1.54) is 12.8 Å². The van der Waals surface area contributed by atoms with E-state index in [-0.39, 0.29) is 0 Å². The molecule has 82 valence electrons. The average molecular weight is 205 g/mol. The van der Waals surface area contributed by atoms with Gasteiger partial charge in [-0.15, -0.1) is 0 Å². The number of rotatable bonds is 2. The number of benzene rings is 1. The molecule has 2 nitrogen and oxygen atoms in total. The van der Waals surface area contributed by atoms with Gasteiger partial charge in [0.05, 0.1) is 0 Å². The minimum atomic E-state index is 0.352. The summed E-state index contributed by atoms with van der Waals surface area (Å²) in [5.41, 5.74) is 2.13. The van der Waals surface area contributed by atoms with Crippen molar-refractivity contribution >= 4 is 0 Å². The third-order valence-electron chi connectivity index (χ3n) is 3.22. The van der Waals surface area contributed by atoms with Crippen LogP contribution in [0, 0.1) is 0 Å². The van der Waals surface area contributed by atoms with Crippen molar-refractivity contribution in [2.24, 2.45) is 0 Å². The van der Waals surface area contributed by atoms with Crippen LogP contribution < -0.4 is 5.32 Å². The van der Waals surface area contributed by atoms with Gasteiger partial charge in [0.1, 0.15) is 5.75 Å². The number of aromatic hydroxyl groups is 1. The topological polar surface area (TPSA) is 32.3 Å². The van der Waals surface area contributed by atoms with E-state index in [1.54, 1.807) is 0 Å². The Hall–Kier alpha value is -1.02. The van der Waals surface area contributed by atoms with Gasteiger partial charge in [0.25, 0.3) is 0 Å². The Morgan fingerprint density at radius 1 is 1.40 bits per heavy atom. The average Bonchev–Trinajstić information content (AvgIpc) is 2.30. The van der Waals surface area contributed by atoms with Crippen LogP contribution in [0.3, 0.4) is 0 Å². The Balaban J connectivity index is 2.26. The van der Waals surface area contributed by atoms with Gasteiger partial charge in [-0.3, -0.25) is 0 Å². The van der Waals surface area contributed by atoms with Crippen molar-refractivity contribution in [3.05, 3.63) is 29.3 Å². The standard InChI is InChI=1S/C13H19NO/c1-2-10-6-5-7-11(13(10)15)12-8-3-4-9-14-12/h5-7,12,14-15H,2-4,8-9H2,1H3. The second kappa shape index (κ2) is 4.67. The fourth-order valence-electron chi connectivity index (χ4n) is 2.29. The van der Waals surface area contributed by atoms with Crippen molar-refractivity contribution in [2.75, 3.05) is 6.54 Å². The largest absolute Gasteiger partial charge is 0.507 e. The number of phenols is 1. The molecule has 1 aromatic carbocycles. The Morgan fingerprint density at radius 2 is 2.27 bits per heavy atom. The quantitative estimate of drug-likeness (QED) is 0.778. The van der Waals surface area contributed by atoms with Gasteiger partial charge >= 0.3 is 0 Å². The summed E-state index contributed by atoms with van der Waals surface area (Å²) >= 11 is 0. The van der Waals surface area contributed by atoms with Gasteiger partial charge in [-0.1, -0.05) is 31.5 Å². The Labute approximate surface area is 91.3 Å². The molecule has 1 fully saturated rings. The van der Waals surface area contributed by atoms with Crippen LogP contribution in [0.4, 0.5) is 0 Å². The van der Waals surface area contributed by atoms with E-state index in [2.05, 4.69) is 12.2 Å². The summed E-state index contributed by atoms with van der Waals surface area (Å²) in [6.45, 7) is 3.15. The summed E-state index contributed by atoms with van der Waals surface area (Å²) in [6.07, 6.45) is 4.55. The third kappa shape index (κ3) is 2.15. The molecule has 0 saturated carbocycles. The molecule has 0 radical (unpaired) electrons. The van der Waals surface area contributed by atoms with E-state index >= 15 is 0 Å². The maximum atomic E-state index is 10.1. The molecule has 1 heterocycles. The molecule has 1 aromatic rings. The molecule has 1 aliphatic rings. The smallest absolute Gasteiger partial charge is 0.123 e. The minimum Gasteiger partial charge on any atom is -0.507 e.